The van der Waals surface area contributed by atoms with E-state index in [1.807, 2.05) is 0 Å². The minimum Gasteiger partial charge on any atom is -0.355 e. The van der Waals surface area contributed by atoms with Gasteiger partial charge in [-0.25, -0.2) is 4.39 Å². The largest absolute Gasteiger partial charge is 0.355 e. The molecule has 0 radical (unpaired) electrons. The highest BCUT2D eigenvalue weighted by atomic mass is 19.1. The highest BCUT2D eigenvalue weighted by Crippen LogP contribution is 2.26. The number of hydrogen-bond donors (Lipinski definition) is 1. The van der Waals surface area contributed by atoms with Gasteiger partial charge in [0.1, 0.15) is 5.82 Å². The van der Waals surface area contributed by atoms with Crippen molar-refractivity contribution in [2.75, 3.05) is 18.0 Å². The number of carbonyl (C=O) groups excluding carboxylic acids is 3. The lowest BCUT2D eigenvalue weighted by molar-refractivity contribution is -0.126. The average Bonchev–Trinajstić information content (AvgIpc) is 3.05. The Balaban J connectivity index is 1.58. The average molecular weight is 368 g/mol. The molecule has 0 saturated carbocycles. The Labute approximate surface area is 157 Å². The predicted octanol–water partition coefficient (Wildman–Crippen LogP) is 2.74. The van der Waals surface area contributed by atoms with E-state index in [1.54, 1.807) is 42.5 Å². The van der Waals surface area contributed by atoms with Gasteiger partial charge in [0.05, 0.1) is 5.92 Å². The standard InChI is InChI=1S/C21H21FN2O3/c1-14(25)16-6-4-7-18(11-16)24-13-17(12-20(24)26)21(27)23-10-9-15-5-2-3-8-19(15)22/h2-8,11,17H,9-10,12-13H2,1H3,(H,23,27). The summed E-state index contributed by atoms with van der Waals surface area (Å²) in [5.41, 5.74) is 1.69. The number of halogens is 1. The molecule has 1 aliphatic rings. The minimum absolute atomic E-state index is 0.0778. The molecule has 2 aromatic rings. The number of hydrogen-bond acceptors (Lipinski definition) is 3. The van der Waals surface area contributed by atoms with Gasteiger partial charge < -0.3 is 10.2 Å². The number of ketones is 1. The van der Waals surface area contributed by atoms with Gasteiger partial charge in [0.2, 0.25) is 11.8 Å². The molecule has 140 valence electrons. The van der Waals surface area contributed by atoms with E-state index < -0.39 is 5.92 Å². The van der Waals surface area contributed by atoms with Crippen molar-refractivity contribution in [1.29, 1.82) is 0 Å². The Bertz CT molecular complexity index is 881. The molecule has 3 rings (SSSR count). The number of rotatable bonds is 6. The first kappa shape index (κ1) is 18.8. The third-order valence-electron chi connectivity index (χ3n) is 4.71. The molecule has 2 amide bonds. The lowest BCUT2D eigenvalue weighted by atomic mass is 10.1. The molecule has 0 bridgehead atoms. The van der Waals surface area contributed by atoms with Crippen molar-refractivity contribution in [2.45, 2.75) is 19.8 Å². The fourth-order valence-corrected chi connectivity index (χ4v) is 3.19. The normalized spacial score (nSPS) is 16.4. The second-order valence-corrected chi connectivity index (χ2v) is 6.64. The summed E-state index contributed by atoms with van der Waals surface area (Å²) in [5.74, 6) is -1.20. The number of carbonyl (C=O) groups is 3. The van der Waals surface area contributed by atoms with Gasteiger partial charge >= 0.3 is 0 Å². The van der Waals surface area contributed by atoms with Gasteiger partial charge in [0.25, 0.3) is 0 Å². The first-order valence-electron chi connectivity index (χ1n) is 8.88. The molecular weight excluding hydrogens is 347 g/mol. The maximum atomic E-state index is 13.6. The minimum atomic E-state index is -0.459. The summed E-state index contributed by atoms with van der Waals surface area (Å²) in [7, 11) is 0. The van der Waals surface area contributed by atoms with Crippen LogP contribution in [0.3, 0.4) is 0 Å². The van der Waals surface area contributed by atoms with Crippen LogP contribution in [0.1, 0.15) is 29.3 Å². The van der Waals surface area contributed by atoms with Crippen LogP contribution in [0.2, 0.25) is 0 Å². The van der Waals surface area contributed by atoms with E-state index in [2.05, 4.69) is 5.32 Å². The Hall–Kier alpha value is -3.02. The molecule has 1 saturated heterocycles. The maximum absolute atomic E-state index is 13.6. The second kappa shape index (κ2) is 8.12. The number of anilines is 1. The van der Waals surface area contributed by atoms with Crippen LogP contribution in [0.4, 0.5) is 10.1 Å². The highest BCUT2D eigenvalue weighted by molar-refractivity contribution is 6.02. The van der Waals surface area contributed by atoms with E-state index >= 15 is 0 Å². The van der Waals surface area contributed by atoms with E-state index in [4.69, 9.17) is 0 Å². The van der Waals surface area contributed by atoms with E-state index in [1.165, 1.54) is 17.9 Å². The number of Topliss-reactive ketones (excluding diaryl/α,β-unsaturated/α-hetero) is 1. The van der Waals surface area contributed by atoms with Crippen LogP contribution >= 0.6 is 0 Å². The van der Waals surface area contributed by atoms with Crippen LogP contribution in [0, 0.1) is 11.7 Å². The lowest BCUT2D eigenvalue weighted by Crippen LogP contribution is -2.34. The number of benzene rings is 2. The zero-order chi connectivity index (χ0) is 19.4. The molecule has 1 unspecified atom stereocenters. The molecule has 2 aromatic carbocycles. The summed E-state index contributed by atoms with van der Waals surface area (Å²) in [6.45, 7) is 2.05. The van der Waals surface area contributed by atoms with Gasteiger partial charge in [-0.1, -0.05) is 30.3 Å². The third kappa shape index (κ3) is 4.39. The first-order chi connectivity index (χ1) is 13.0. The number of amides is 2. The first-order valence-corrected chi connectivity index (χ1v) is 8.88. The zero-order valence-electron chi connectivity index (χ0n) is 15.1. The molecule has 1 N–H and O–H groups in total. The molecule has 1 atom stereocenters. The summed E-state index contributed by atoms with van der Waals surface area (Å²) in [6, 6.07) is 13.3. The Kier molecular flexibility index (Phi) is 5.64. The quantitative estimate of drug-likeness (QED) is 0.798. The third-order valence-corrected chi connectivity index (χ3v) is 4.71. The fourth-order valence-electron chi connectivity index (χ4n) is 3.19. The molecule has 0 aromatic heterocycles. The van der Waals surface area contributed by atoms with Gasteiger partial charge in [-0.05, 0) is 37.1 Å². The van der Waals surface area contributed by atoms with E-state index in [0.717, 1.165) is 0 Å². The fraction of sp³-hybridized carbons (Fsp3) is 0.286. The smallest absolute Gasteiger partial charge is 0.227 e. The van der Waals surface area contributed by atoms with E-state index in [0.29, 0.717) is 29.8 Å². The number of nitrogens with one attached hydrogen (secondary N) is 1. The maximum Gasteiger partial charge on any atom is 0.227 e. The lowest BCUT2D eigenvalue weighted by Gasteiger charge is -2.17. The second-order valence-electron chi connectivity index (χ2n) is 6.64. The molecular formula is C21H21FN2O3. The molecule has 0 spiro atoms. The van der Waals surface area contributed by atoms with Crippen molar-refractivity contribution in [2.24, 2.45) is 5.92 Å². The molecule has 1 heterocycles. The molecule has 1 fully saturated rings. The van der Waals surface area contributed by atoms with E-state index in [-0.39, 0.29) is 36.4 Å². The summed E-state index contributed by atoms with van der Waals surface area (Å²) in [6.07, 6.45) is 0.513. The summed E-state index contributed by atoms with van der Waals surface area (Å²) in [5, 5.41) is 2.78. The van der Waals surface area contributed by atoms with Crippen LogP contribution < -0.4 is 10.2 Å². The van der Waals surface area contributed by atoms with Crippen molar-refractivity contribution >= 4 is 23.3 Å². The van der Waals surface area contributed by atoms with Crippen LogP contribution in [0.5, 0.6) is 0 Å². The van der Waals surface area contributed by atoms with Gasteiger partial charge in [-0.2, -0.15) is 0 Å². The van der Waals surface area contributed by atoms with Crippen LogP contribution in [-0.2, 0) is 16.0 Å². The van der Waals surface area contributed by atoms with Gasteiger partial charge in [0, 0.05) is 30.8 Å². The van der Waals surface area contributed by atoms with Crippen molar-refractivity contribution in [1.82, 2.24) is 5.32 Å². The van der Waals surface area contributed by atoms with E-state index in [9.17, 15) is 18.8 Å². The molecule has 1 aliphatic heterocycles. The summed E-state index contributed by atoms with van der Waals surface area (Å²) >= 11 is 0. The van der Waals surface area contributed by atoms with Crippen molar-refractivity contribution < 1.29 is 18.8 Å². The van der Waals surface area contributed by atoms with Gasteiger partial charge in [0.15, 0.2) is 5.78 Å². The highest BCUT2D eigenvalue weighted by Gasteiger charge is 2.35. The zero-order valence-corrected chi connectivity index (χ0v) is 15.1. The summed E-state index contributed by atoms with van der Waals surface area (Å²) < 4.78 is 13.6. The molecule has 0 aliphatic carbocycles. The van der Waals surface area contributed by atoms with Crippen molar-refractivity contribution in [3.05, 3.63) is 65.5 Å². The van der Waals surface area contributed by atoms with Crippen LogP contribution in [-0.4, -0.2) is 30.7 Å². The van der Waals surface area contributed by atoms with Gasteiger partial charge in [-0.3, -0.25) is 14.4 Å². The van der Waals surface area contributed by atoms with Crippen molar-refractivity contribution in [3.8, 4) is 0 Å². The Morgan fingerprint density at radius 1 is 1.19 bits per heavy atom. The van der Waals surface area contributed by atoms with Crippen LogP contribution in [0.15, 0.2) is 48.5 Å². The monoisotopic (exact) mass is 368 g/mol. The predicted molar refractivity (Wildman–Crippen MR) is 100 cm³/mol. The summed E-state index contributed by atoms with van der Waals surface area (Å²) in [4.78, 5) is 37.8. The molecule has 5 nitrogen and oxygen atoms in total. The van der Waals surface area contributed by atoms with Gasteiger partial charge in [-0.15, -0.1) is 0 Å². The topological polar surface area (TPSA) is 66.5 Å². The number of nitrogens with zero attached hydrogens (tertiary/aromatic N) is 1. The molecule has 6 heteroatoms. The Morgan fingerprint density at radius 2 is 1.96 bits per heavy atom. The van der Waals surface area contributed by atoms with Crippen molar-refractivity contribution in [3.63, 3.8) is 0 Å². The SMILES string of the molecule is CC(=O)c1cccc(N2CC(C(=O)NCCc3ccccc3F)CC2=O)c1. The molecule has 27 heavy (non-hydrogen) atoms. The Morgan fingerprint density at radius 3 is 2.70 bits per heavy atom. The van der Waals surface area contributed by atoms with Crippen LogP contribution in [0.25, 0.3) is 0 Å².